The Morgan fingerprint density at radius 1 is 1.16 bits per heavy atom. The van der Waals surface area contributed by atoms with Gasteiger partial charge in [0.1, 0.15) is 0 Å². The second-order valence-corrected chi connectivity index (χ2v) is 6.42. The summed E-state index contributed by atoms with van der Waals surface area (Å²) in [5.41, 5.74) is 1.76. The van der Waals surface area contributed by atoms with Gasteiger partial charge >= 0.3 is 0 Å². The fourth-order valence-electron chi connectivity index (χ4n) is 3.00. The zero-order chi connectivity index (χ0) is 17.7. The molecule has 5 nitrogen and oxygen atoms in total. The van der Waals surface area contributed by atoms with Crippen LogP contribution in [-0.4, -0.2) is 31.8 Å². The number of benzene rings is 1. The van der Waals surface area contributed by atoms with Crippen molar-refractivity contribution in [3.05, 3.63) is 35.4 Å². The predicted molar refractivity (Wildman–Crippen MR) is 101 cm³/mol. The van der Waals surface area contributed by atoms with Crippen molar-refractivity contribution < 1.29 is 4.74 Å². The highest BCUT2D eigenvalue weighted by molar-refractivity contribution is 5.79. The van der Waals surface area contributed by atoms with Gasteiger partial charge in [-0.2, -0.15) is 5.26 Å². The summed E-state index contributed by atoms with van der Waals surface area (Å²) in [5.74, 6) is 0.802. The Balaban J connectivity index is 1.73. The van der Waals surface area contributed by atoms with Gasteiger partial charge in [-0.1, -0.05) is 37.8 Å². The third-order valence-electron chi connectivity index (χ3n) is 4.40. The molecule has 2 N–H and O–H groups in total. The van der Waals surface area contributed by atoms with Crippen LogP contribution in [0.1, 0.15) is 56.6 Å². The van der Waals surface area contributed by atoms with E-state index in [-0.39, 0.29) is 0 Å². The van der Waals surface area contributed by atoms with Crippen LogP contribution in [0, 0.1) is 11.3 Å². The Bertz CT molecular complexity index is 554. The molecule has 0 aromatic heterocycles. The zero-order valence-electron chi connectivity index (χ0n) is 15.3. The minimum Gasteiger partial charge on any atom is -0.376 e. The maximum absolute atomic E-state index is 8.84. The lowest BCUT2D eigenvalue weighted by Gasteiger charge is -2.16. The third kappa shape index (κ3) is 7.57. The average molecular weight is 342 g/mol. The normalized spacial score (nSPS) is 16.1. The van der Waals surface area contributed by atoms with Gasteiger partial charge in [0.05, 0.1) is 30.9 Å². The minimum atomic E-state index is 0.433. The SMILES string of the molecule is CCNC(=NCc1ccc(C#N)cc1)NCCOC1CCCCCC1. The van der Waals surface area contributed by atoms with E-state index in [1.807, 2.05) is 24.3 Å². The van der Waals surface area contributed by atoms with Gasteiger partial charge in [0.25, 0.3) is 0 Å². The first kappa shape index (κ1) is 19.3. The van der Waals surface area contributed by atoms with Crippen LogP contribution in [0.15, 0.2) is 29.3 Å². The van der Waals surface area contributed by atoms with Crippen LogP contribution in [-0.2, 0) is 11.3 Å². The molecule has 0 radical (unpaired) electrons. The Hall–Kier alpha value is -2.06. The van der Waals surface area contributed by atoms with E-state index in [4.69, 9.17) is 10.00 Å². The van der Waals surface area contributed by atoms with Crippen LogP contribution < -0.4 is 10.6 Å². The molecule has 0 saturated heterocycles. The topological polar surface area (TPSA) is 69.4 Å². The first-order valence-electron chi connectivity index (χ1n) is 9.44. The molecule has 0 heterocycles. The molecule has 25 heavy (non-hydrogen) atoms. The second kappa shape index (κ2) is 11.5. The van der Waals surface area contributed by atoms with Crippen molar-refractivity contribution >= 4 is 5.96 Å². The van der Waals surface area contributed by atoms with Gasteiger partial charge in [-0.3, -0.25) is 0 Å². The number of rotatable bonds is 7. The number of nitrogens with zero attached hydrogens (tertiary/aromatic N) is 2. The number of aliphatic imine (C=N–C) groups is 1. The molecule has 1 aromatic rings. The first-order chi connectivity index (χ1) is 12.3. The van der Waals surface area contributed by atoms with Crippen LogP contribution in [0.25, 0.3) is 0 Å². The average Bonchev–Trinajstić information content (AvgIpc) is 2.92. The van der Waals surface area contributed by atoms with Crippen molar-refractivity contribution in [2.24, 2.45) is 4.99 Å². The summed E-state index contributed by atoms with van der Waals surface area (Å²) >= 11 is 0. The lowest BCUT2D eigenvalue weighted by Crippen LogP contribution is -2.39. The minimum absolute atomic E-state index is 0.433. The largest absolute Gasteiger partial charge is 0.376 e. The molecular formula is C20H30N4O. The van der Waals surface area contributed by atoms with Gasteiger partial charge in [0.2, 0.25) is 0 Å². The molecule has 136 valence electrons. The summed E-state index contributed by atoms with van der Waals surface area (Å²) in [6.45, 7) is 4.94. The molecule has 0 unspecified atom stereocenters. The Labute approximate surface area is 151 Å². The molecule has 1 aliphatic carbocycles. The van der Waals surface area contributed by atoms with E-state index in [9.17, 15) is 0 Å². The smallest absolute Gasteiger partial charge is 0.191 e. The van der Waals surface area contributed by atoms with Crippen molar-refractivity contribution in [3.8, 4) is 6.07 Å². The van der Waals surface area contributed by atoms with Crippen molar-refractivity contribution in [2.45, 2.75) is 58.1 Å². The first-order valence-corrected chi connectivity index (χ1v) is 9.44. The number of nitrogens with one attached hydrogen (secondary N) is 2. The van der Waals surface area contributed by atoms with Crippen molar-refractivity contribution in [1.29, 1.82) is 5.26 Å². The van der Waals surface area contributed by atoms with E-state index in [1.165, 1.54) is 38.5 Å². The van der Waals surface area contributed by atoms with Gasteiger partial charge in [0, 0.05) is 13.1 Å². The van der Waals surface area contributed by atoms with E-state index in [0.29, 0.717) is 24.8 Å². The highest BCUT2D eigenvalue weighted by Crippen LogP contribution is 2.19. The highest BCUT2D eigenvalue weighted by Gasteiger charge is 2.12. The summed E-state index contributed by atoms with van der Waals surface area (Å²) in [4.78, 5) is 4.59. The number of ether oxygens (including phenoxy) is 1. The number of hydrogen-bond donors (Lipinski definition) is 2. The predicted octanol–water partition coefficient (Wildman–Crippen LogP) is 3.35. The molecule has 2 rings (SSSR count). The van der Waals surface area contributed by atoms with E-state index < -0.39 is 0 Å². The zero-order valence-corrected chi connectivity index (χ0v) is 15.3. The summed E-state index contributed by atoms with van der Waals surface area (Å²) in [7, 11) is 0. The summed E-state index contributed by atoms with van der Waals surface area (Å²) in [6.07, 6.45) is 8.14. The summed E-state index contributed by atoms with van der Waals surface area (Å²) < 4.78 is 6.00. The maximum atomic E-state index is 8.84. The molecule has 1 aliphatic rings. The fourth-order valence-corrected chi connectivity index (χ4v) is 3.00. The lowest BCUT2D eigenvalue weighted by atomic mass is 10.1. The van der Waals surface area contributed by atoms with E-state index in [2.05, 4.69) is 28.6 Å². The standard InChI is InChI=1S/C20H30N4O/c1-2-22-20(24-16-18-11-9-17(15-21)10-12-18)23-13-14-25-19-7-5-3-4-6-8-19/h9-12,19H,2-8,13-14,16H2,1H3,(H2,22,23,24). The van der Waals surface area contributed by atoms with Crippen LogP contribution in [0.4, 0.5) is 0 Å². The summed E-state index contributed by atoms with van der Waals surface area (Å²) in [6, 6.07) is 9.67. The molecule has 0 amide bonds. The quantitative estimate of drug-likeness (QED) is 0.345. The van der Waals surface area contributed by atoms with Gasteiger partial charge in [-0.05, 0) is 37.5 Å². The Morgan fingerprint density at radius 3 is 2.52 bits per heavy atom. The van der Waals surface area contributed by atoms with Gasteiger partial charge < -0.3 is 15.4 Å². The molecule has 1 saturated carbocycles. The van der Waals surface area contributed by atoms with Crippen LogP contribution in [0.3, 0.4) is 0 Å². The van der Waals surface area contributed by atoms with Crippen LogP contribution >= 0.6 is 0 Å². The van der Waals surface area contributed by atoms with Crippen LogP contribution in [0.2, 0.25) is 0 Å². The van der Waals surface area contributed by atoms with Gasteiger partial charge in [-0.15, -0.1) is 0 Å². The van der Waals surface area contributed by atoms with Crippen molar-refractivity contribution in [1.82, 2.24) is 10.6 Å². The number of guanidine groups is 1. The Kier molecular flexibility index (Phi) is 8.85. The molecule has 0 bridgehead atoms. The van der Waals surface area contributed by atoms with Gasteiger partial charge in [0.15, 0.2) is 5.96 Å². The third-order valence-corrected chi connectivity index (χ3v) is 4.40. The van der Waals surface area contributed by atoms with E-state index >= 15 is 0 Å². The molecule has 1 aromatic carbocycles. The molecule has 1 fully saturated rings. The fraction of sp³-hybridized carbons (Fsp3) is 0.600. The highest BCUT2D eigenvalue weighted by atomic mass is 16.5. The van der Waals surface area contributed by atoms with Crippen molar-refractivity contribution in [2.75, 3.05) is 19.7 Å². The monoisotopic (exact) mass is 342 g/mol. The van der Waals surface area contributed by atoms with Crippen molar-refractivity contribution in [3.63, 3.8) is 0 Å². The lowest BCUT2D eigenvalue weighted by molar-refractivity contribution is 0.0468. The van der Waals surface area contributed by atoms with Crippen LogP contribution in [0.5, 0.6) is 0 Å². The summed E-state index contributed by atoms with van der Waals surface area (Å²) in [5, 5.41) is 15.4. The number of nitriles is 1. The molecule has 0 atom stereocenters. The molecule has 5 heteroatoms. The maximum Gasteiger partial charge on any atom is 0.191 e. The Morgan fingerprint density at radius 2 is 1.88 bits per heavy atom. The van der Waals surface area contributed by atoms with E-state index in [0.717, 1.165) is 24.6 Å². The molecule has 0 spiro atoms. The van der Waals surface area contributed by atoms with E-state index in [1.54, 1.807) is 0 Å². The van der Waals surface area contributed by atoms with Gasteiger partial charge in [-0.25, -0.2) is 4.99 Å². The second-order valence-electron chi connectivity index (χ2n) is 6.42. The number of hydrogen-bond acceptors (Lipinski definition) is 3. The molecular weight excluding hydrogens is 312 g/mol. The molecule has 0 aliphatic heterocycles.